The maximum Gasteiger partial charge on any atom is 0.165 e. The fourth-order valence-electron chi connectivity index (χ4n) is 1.93. The highest BCUT2D eigenvalue weighted by Crippen LogP contribution is 2.40. The van der Waals surface area contributed by atoms with Gasteiger partial charge in [-0.05, 0) is 12.1 Å². The van der Waals surface area contributed by atoms with E-state index < -0.39 is 0 Å². The Balaban J connectivity index is 3.49. The number of aromatic hydroxyl groups is 1. The van der Waals surface area contributed by atoms with Crippen LogP contribution in [0.2, 0.25) is 0 Å². The van der Waals surface area contributed by atoms with Crippen LogP contribution in [0.4, 0.5) is 17.1 Å². The van der Waals surface area contributed by atoms with E-state index in [1.807, 2.05) is 106 Å². The van der Waals surface area contributed by atoms with Crippen molar-refractivity contribution in [2.45, 2.75) is 0 Å². The Morgan fingerprint density at radius 2 is 0.909 bits per heavy atom. The molecule has 7 heteroatoms. The molecule has 22 heavy (non-hydrogen) atoms. The molecule has 0 unspecified atom stereocenters. The number of hydrogen-bond donors (Lipinski definition) is 1. The summed E-state index contributed by atoms with van der Waals surface area (Å²) in [5.74, 6) is 0.253. The summed E-state index contributed by atoms with van der Waals surface area (Å²) >= 11 is 0. The number of phenols is 1. The van der Waals surface area contributed by atoms with Gasteiger partial charge in [0, 0.05) is 63.4 Å². The van der Waals surface area contributed by atoms with Gasteiger partial charge >= 0.3 is 0 Å². The summed E-state index contributed by atoms with van der Waals surface area (Å²) < 4.78 is 0. The largest absolute Gasteiger partial charge is 0.504 e. The summed E-state index contributed by atoms with van der Waals surface area (Å²) in [7, 11) is 17.6. The average Bonchev–Trinajstić information content (AvgIpc) is 2.44. The normalized spacial score (nSPS) is 11.5. The minimum absolute atomic E-state index is 0.253. The van der Waals surface area contributed by atoms with Gasteiger partial charge in [-0.1, -0.05) is 0 Å². The number of rotatable bonds is 6. The van der Waals surface area contributed by atoms with Crippen LogP contribution < -0.4 is 15.0 Å². The number of nitrogens with zero attached hydrogens (tertiary/aromatic N) is 6. The molecule has 126 valence electrons. The SMILES string of the molecule is CN(C)N(C)c1cc(N(C)N(C)C)c(O)c(N(C)N(C)C)c1. The van der Waals surface area contributed by atoms with Crippen LogP contribution >= 0.6 is 0 Å². The van der Waals surface area contributed by atoms with Crippen LogP contribution in [-0.2, 0) is 0 Å². The molecule has 1 N–H and O–H groups in total. The van der Waals surface area contributed by atoms with E-state index in [1.165, 1.54) is 0 Å². The Morgan fingerprint density at radius 3 is 1.18 bits per heavy atom. The molecule has 0 heterocycles. The summed E-state index contributed by atoms with van der Waals surface area (Å²) in [6, 6.07) is 3.95. The van der Waals surface area contributed by atoms with Crippen molar-refractivity contribution in [1.82, 2.24) is 15.0 Å². The molecule has 0 saturated heterocycles. The molecule has 0 radical (unpaired) electrons. The van der Waals surface area contributed by atoms with Crippen molar-refractivity contribution < 1.29 is 5.11 Å². The van der Waals surface area contributed by atoms with E-state index in [0.717, 1.165) is 17.1 Å². The van der Waals surface area contributed by atoms with Crippen molar-refractivity contribution in [3.8, 4) is 5.75 Å². The lowest BCUT2D eigenvalue weighted by atomic mass is 10.2. The summed E-state index contributed by atoms with van der Waals surface area (Å²) in [6.45, 7) is 0. The van der Waals surface area contributed by atoms with Crippen molar-refractivity contribution in [3.63, 3.8) is 0 Å². The van der Waals surface area contributed by atoms with Gasteiger partial charge in [-0.25, -0.2) is 15.0 Å². The number of benzene rings is 1. The number of hydrogen-bond acceptors (Lipinski definition) is 7. The molecule has 0 aliphatic carbocycles. The molecule has 0 spiro atoms. The average molecular weight is 310 g/mol. The topological polar surface area (TPSA) is 39.7 Å². The summed E-state index contributed by atoms with van der Waals surface area (Å²) in [5.41, 5.74) is 2.50. The third-order valence-electron chi connectivity index (χ3n) is 3.93. The van der Waals surface area contributed by atoms with Gasteiger partial charge in [0.05, 0.1) is 17.1 Å². The molecule has 0 aromatic heterocycles. The summed E-state index contributed by atoms with van der Waals surface area (Å²) in [4.78, 5) is 0. The highest BCUT2D eigenvalue weighted by atomic mass is 16.3. The van der Waals surface area contributed by atoms with Gasteiger partial charge in [0.2, 0.25) is 0 Å². The van der Waals surface area contributed by atoms with E-state index in [4.69, 9.17) is 0 Å². The number of phenolic OH excluding ortho intramolecular Hbond substituents is 1. The van der Waals surface area contributed by atoms with Crippen LogP contribution in [-0.4, -0.2) is 83.6 Å². The Hall–Kier alpha value is -1.70. The molecule has 0 amide bonds. The molecule has 1 aromatic rings. The monoisotopic (exact) mass is 310 g/mol. The van der Waals surface area contributed by atoms with E-state index in [0.29, 0.717) is 0 Å². The Kier molecular flexibility index (Phi) is 5.87. The van der Waals surface area contributed by atoms with Crippen molar-refractivity contribution in [2.24, 2.45) is 0 Å². The Labute approximate surface area is 134 Å². The smallest absolute Gasteiger partial charge is 0.165 e. The van der Waals surface area contributed by atoms with Crippen LogP contribution in [0.1, 0.15) is 0 Å². The van der Waals surface area contributed by atoms with E-state index in [-0.39, 0.29) is 5.75 Å². The molecule has 0 saturated carbocycles. The minimum atomic E-state index is 0.253. The van der Waals surface area contributed by atoms with Gasteiger partial charge in [-0.3, -0.25) is 0 Å². The van der Waals surface area contributed by atoms with Gasteiger partial charge in [-0.15, -0.1) is 0 Å². The second-order valence-corrected chi connectivity index (χ2v) is 5.95. The molecule has 0 aliphatic heterocycles. The Morgan fingerprint density at radius 1 is 0.591 bits per heavy atom. The third kappa shape index (κ3) is 3.73. The first-order valence-corrected chi connectivity index (χ1v) is 7.17. The van der Waals surface area contributed by atoms with Gasteiger partial charge in [-0.2, -0.15) is 0 Å². The van der Waals surface area contributed by atoms with Crippen LogP contribution in [0.3, 0.4) is 0 Å². The third-order valence-corrected chi connectivity index (χ3v) is 3.93. The predicted octanol–water partition coefficient (Wildman–Crippen LogP) is 1.13. The first-order valence-electron chi connectivity index (χ1n) is 7.17. The highest BCUT2D eigenvalue weighted by molar-refractivity contribution is 5.77. The van der Waals surface area contributed by atoms with Gasteiger partial charge in [0.15, 0.2) is 5.75 Å². The van der Waals surface area contributed by atoms with Gasteiger partial charge < -0.3 is 20.1 Å². The van der Waals surface area contributed by atoms with Crippen LogP contribution in [0.15, 0.2) is 12.1 Å². The molecule has 7 nitrogen and oxygen atoms in total. The quantitative estimate of drug-likeness (QED) is 0.790. The maximum absolute atomic E-state index is 10.7. The summed E-state index contributed by atoms with van der Waals surface area (Å²) in [5, 5.41) is 22.4. The molecule has 0 atom stereocenters. The van der Waals surface area contributed by atoms with Gasteiger partial charge in [0.25, 0.3) is 0 Å². The first-order chi connectivity index (χ1) is 10.1. The molecule has 1 aromatic carbocycles. The molecular formula is C15H30N6O. The molecule has 0 fully saturated rings. The van der Waals surface area contributed by atoms with Crippen molar-refractivity contribution in [1.29, 1.82) is 0 Å². The molecule has 0 bridgehead atoms. The predicted molar refractivity (Wildman–Crippen MR) is 94.4 cm³/mol. The second-order valence-electron chi connectivity index (χ2n) is 5.95. The molecular weight excluding hydrogens is 280 g/mol. The van der Waals surface area contributed by atoms with E-state index in [1.54, 1.807) is 0 Å². The zero-order valence-electron chi connectivity index (χ0n) is 15.3. The minimum Gasteiger partial charge on any atom is -0.504 e. The summed E-state index contributed by atoms with van der Waals surface area (Å²) in [6.07, 6.45) is 0. The number of hydrazine groups is 3. The fraction of sp³-hybridized carbons (Fsp3) is 0.600. The zero-order valence-corrected chi connectivity index (χ0v) is 15.3. The van der Waals surface area contributed by atoms with E-state index in [2.05, 4.69) is 0 Å². The lowest BCUT2D eigenvalue weighted by Crippen LogP contribution is -2.37. The number of anilines is 3. The van der Waals surface area contributed by atoms with E-state index >= 15 is 0 Å². The van der Waals surface area contributed by atoms with Gasteiger partial charge in [0.1, 0.15) is 0 Å². The first kappa shape index (κ1) is 18.3. The van der Waals surface area contributed by atoms with Crippen molar-refractivity contribution in [2.75, 3.05) is 78.5 Å². The fourth-order valence-corrected chi connectivity index (χ4v) is 1.93. The van der Waals surface area contributed by atoms with Crippen molar-refractivity contribution in [3.05, 3.63) is 12.1 Å². The molecule has 1 rings (SSSR count). The molecule has 0 aliphatic rings. The second kappa shape index (κ2) is 7.04. The highest BCUT2D eigenvalue weighted by Gasteiger charge is 2.20. The standard InChI is InChI=1S/C15H30N6O/c1-16(2)19(7)12-10-13(20(8)17(3)4)15(22)14(11-12)21(9)18(5)6/h10-11,22H,1-9H3. The van der Waals surface area contributed by atoms with Crippen LogP contribution in [0, 0.1) is 0 Å². The lowest BCUT2D eigenvalue weighted by Gasteiger charge is -2.34. The Bertz CT molecular complexity index is 468. The van der Waals surface area contributed by atoms with Crippen LogP contribution in [0.25, 0.3) is 0 Å². The van der Waals surface area contributed by atoms with E-state index in [9.17, 15) is 5.11 Å². The maximum atomic E-state index is 10.7. The van der Waals surface area contributed by atoms with Crippen LogP contribution in [0.5, 0.6) is 5.75 Å². The van der Waals surface area contributed by atoms with Crippen molar-refractivity contribution >= 4 is 17.1 Å². The lowest BCUT2D eigenvalue weighted by molar-refractivity contribution is 0.373. The zero-order chi connectivity index (χ0) is 17.2.